The van der Waals surface area contributed by atoms with E-state index in [1.54, 1.807) is 0 Å². The van der Waals surface area contributed by atoms with Crippen LogP contribution < -0.4 is 10.6 Å². The molecule has 0 spiro atoms. The van der Waals surface area contributed by atoms with E-state index in [1.807, 2.05) is 0 Å². The molecule has 3 atom stereocenters. The maximum atomic E-state index is 11.8. The smallest absolute Gasteiger partial charge is 0.225 e. The van der Waals surface area contributed by atoms with Gasteiger partial charge in [-0.2, -0.15) is 0 Å². The van der Waals surface area contributed by atoms with Gasteiger partial charge in [-0.25, -0.2) is 0 Å². The standard InChI is InChI=1S/C11H20N2O2.ClH/c1-8-2-4-12-6-10(8)13-11(14)9-3-5-15-7-9;/h8-10,12H,2-7H2,1H3,(H,13,14);1H. The molecule has 94 valence electrons. The minimum atomic E-state index is 0. The van der Waals surface area contributed by atoms with Crippen molar-refractivity contribution >= 4 is 18.3 Å². The molecule has 2 aliphatic heterocycles. The molecule has 0 bridgehead atoms. The summed E-state index contributed by atoms with van der Waals surface area (Å²) in [6.45, 7) is 5.51. The van der Waals surface area contributed by atoms with Crippen molar-refractivity contribution in [3.63, 3.8) is 0 Å². The molecule has 2 saturated heterocycles. The predicted molar refractivity (Wildman–Crippen MR) is 64.8 cm³/mol. The number of carbonyl (C=O) groups is 1. The molecule has 2 heterocycles. The second-order valence-corrected chi connectivity index (χ2v) is 4.65. The predicted octanol–water partition coefficient (Wildman–Crippen LogP) is 0.559. The molecule has 2 rings (SSSR count). The number of carbonyl (C=O) groups excluding carboxylic acids is 1. The highest BCUT2D eigenvalue weighted by atomic mass is 35.5. The van der Waals surface area contributed by atoms with Gasteiger partial charge in [0.1, 0.15) is 0 Å². The molecule has 0 aliphatic carbocycles. The fraction of sp³-hybridized carbons (Fsp3) is 0.909. The molecule has 0 saturated carbocycles. The largest absolute Gasteiger partial charge is 0.381 e. The SMILES string of the molecule is CC1CCNCC1NC(=O)C1CCOC1.Cl. The summed E-state index contributed by atoms with van der Waals surface area (Å²) >= 11 is 0. The first kappa shape index (κ1) is 13.7. The van der Waals surface area contributed by atoms with Crippen molar-refractivity contribution in [3.05, 3.63) is 0 Å². The number of rotatable bonds is 2. The van der Waals surface area contributed by atoms with Gasteiger partial charge in [-0.1, -0.05) is 6.92 Å². The fourth-order valence-corrected chi connectivity index (χ4v) is 2.22. The van der Waals surface area contributed by atoms with Gasteiger partial charge in [-0.05, 0) is 25.3 Å². The molecular formula is C11H21ClN2O2. The van der Waals surface area contributed by atoms with Crippen molar-refractivity contribution in [3.8, 4) is 0 Å². The first-order chi connectivity index (χ1) is 7.27. The van der Waals surface area contributed by atoms with E-state index < -0.39 is 0 Å². The maximum absolute atomic E-state index is 11.8. The summed E-state index contributed by atoms with van der Waals surface area (Å²) in [7, 11) is 0. The van der Waals surface area contributed by atoms with Crippen LogP contribution >= 0.6 is 12.4 Å². The van der Waals surface area contributed by atoms with E-state index in [0.29, 0.717) is 18.6 Å². The van der Waals surface area contributed by atoms with E-state index in [0.717, 1.165) is 32.5 Å². The lowest BCUT2D eigenvalue weighted by atomic mass is 9.94. The number of hydrogen-bond donors (Lipinski definition) is 2. The lowest BCUT2D eigenvalue weighted by molar-refractivity contribution is -0.126. The molecule has 5 heteroatoms. The Morgan fingerprint density at radius 3 is 2.88 bits per heavy atom. The molecular weight excluding hydrogens is 228 g/mol. The van der Waals surface area contributed by atoms with Gasteiger partial charge >= 0.3 is 0 Å². The molecule has 16 heavy (non-hydrogen) atoms. The quantitative estimate of drug-likeness (QED) is 0.751. The van der Waals surface area contributed by atoms with Crippen LogP contribution in [0.5, 0.6) is 0 Å². The Bertz CT molecular complexity index is 232. The van der Waals surface area contributed by atoms with Gasteiger partial charge in [-0.15, -0.1) is 12.4 Å². The number of ether oxygens (including phenoxy) is 1. The molecule has 3 unspecified atom stereocenters. The Hall–Kier alpha value is -0.320. The summed E-state index contributed by atoms with van der Waals surface area (Å²) in [5.41, 5.74) is 0. The Balaban J connectivity index is 0.00000128. The summed E-state index contributed by atoms with van der Waals surface area (Å²) < 4.78 is 5.22. The maximum Gasteiger partial charge on any atom is 0.225 e. The van der Waals surface area contributed by atoms with Crippen molar-refractivity contribution in [2.75, 3.05) is 26.3 Å². The Kier molecular flexibility index (Phi) is 5.52. The molecule has 0 aromatic heterocycles. The zero-order valence-corrected chi connectivity index (χ0v) is 10.5. The van der Waals surface area contributed by atoms with Gasteiger partial charge in [0.05, 0.1) is 12.5 Å². The third-order valence-electron chi connectivity index (χ3n) is 3.46. The molecule has 4 nitrogen and oxygen atoms in total. The molecule has 2 N–H and O–H groups in total. The van der Waals surface area contributed by atoms with E-state index in [9.17, 15) is 4.79 Å². The van der Waals surface area contributed by atoms with Crippen LogP contribution in [0, 0.1) is 11.8 Å². The second kappa shape index (κ2) is 6.42. The van der Waals surface area contributed by atoms with Crippen LogP contribution in [-0.2, 0) is 9.53 Å². The molecule has 1 amide bonds. The van der Waals surface area contributed by atoms with Crippen molar-refractivity contribution in [1.29, 1.82) is 0 Å². The van der Waals surface area contributed by atoms with Crippen molar-refractivity contribution in [2.45, 2.75) is 25.8 Å². The fourth-order valence-electron chi connectivity index (χ4n) is 2.22. The number of nitrogens with one attached hydrogen (secondary N) is 2. The van der Waals surface area contributed by atoms with Crippen LogP contribution in [-0.4, -0.2) is 38.3 Å². The first-order valence-corrected chi connectivity index (χ1v) is 5.86. The second-order valence-electron chi connectivity index (χ2n) is 4.65. The van der Waals surface area contributed by atoms with E-state index in [2.05, 4.69) is 17.6 Å². The summed E-state index contributed by atoms with van der Waals surface area (Å²) in [5.74, 6) is 0.838. The van der Waals surface area contributed by atoms with Gasteiger partial charge in [0.2, 0.25) is 5.91 Å². The Morgan fingerprint density at radius 1 is 1.44 bits per heavy atom. The molecule has 0 aromatic carbocycles. The van der Waals surface area contributed by atoms with Crippen molar-refractivity contribution < 1.29 is 9.53 Å². The normalized spacial score (nSPS) is 34.2. The zero-order valence-electron chi connectivity index (χ0n) is 9.70. The molecule has 0 aromatic rings. The van der Waals surface area contributed by atoms with Gasteiger partial charge in [-0.3, -0.25) is 4.79 Å². The van der Waals surface area contributed by atoms with E-state index >= 15 is 0 Å². The Labute approximate surface area is 103 Å². The highest BCUT2D eigenvalue weighted by molar-refractivity contribution is 5.85. The lowest BCUT2D eigenvalue weighted by Gasteiger charge is -2.30. The third kappa shape index (κ3) is 3.34. The number of amides is 1. The summed E-state index contributed by atoms with van der Waals surface area (Å²) in [6.07, 6.45) is 2.02. The van der Waals surface area contributed by atoms with Gasteiger partial charge < -0.3 is 15.4 Å². The van der Waals surface area contributed by atoms with E-state index in [4.69, 9.17) is 4.74 Å². The van der Waals surface area contributed by atoms with Gasteiger partial charge in [0.25, 0.3) is 0 Å². The molecule has 0 radical (unpaired) electrons. The molecule has 2 fully saturated rings. The first-order valence-electron chi connectivity index (χ1n) is 5.86. The minimum Gasteiger partial charge on any atom is -0.381 e. The van der Waals surface area contributed by atoms with Crippen LogP contribution in [0.4, 0.5) is 0 Å². The van der Waals surface area contributed by atoms with Crippen LogP contribution in [0.1, 0.15) is 19.8 Å². The Morgan fingerprint density at radius 2 is 2.25 bits per heavy atom. The van der Waals surface area contributed by atoms with Crippen LogP contribution in [0.25, 0.3) is 0 Å². The topological polar surface area (TPSA) is 50.4 Å². The van der Waals surface area contributed by atoms with E-state index in [1.165, 1.54) is 0 Å². The van der Waals surface area contributed by atoms with E-state index in [-0.39, 0.29) is 24.2 Å². The van der Waals surface area contributed by atoms with Gasteiger partial charge in [0.15, 0.2) is 0 Å². The number of hydrogen-bond acceptors (Lipinski definition) is 3. The summed E-state index contributed by atoms with van der Waals surface area (Å²) in [6, 6.07) is 0.298. The van der Waals surface area contributed by atoms with Crippen molar-refractivity contribution in [1.82, 2.24) is 10.6 Å². The average molecular weight is 249 g/mol. The summed E-state index contributed by atoms with van der Waals surface area (Å²) in [4.78, 5) is 11.8. The monoisotopic (exact) mass is 248 g/mol. The van der Waals surface area contributed by atoms with Gasteiger partial charge in [0, 0.05) is 19.2 Å². The lowest BCUT2D eigenvalue weighted by Crippen LogP contribution is -2.51. The minimum absolute atomic E-state index is 0. The number of halogens is 1. The molecule has 2 aliphatic rings. The zero-order chi connectivity index (χ0) is 10.7. The van der Waals surface area contributed by atoms with Crippen LogP contribution in [0.3, 0.4) is 0 Å². The summed E-state index contributed by atoms with van der Waals surface area (Å²) in [5, 5.41) is 6.44. The third-order valence-corrected chi connectivity index (χ3v) is 3.46. The average Bonchev–Trinajstić information content (AvgIpc) is 2.74. The van der Waals surface area contributed by atoms with Crippen LogP contribution in [0.15, 0.2) is 0 Å². The number of piperidine rings is 1. The van der Waals surface area contributed by atoms with Crippen LogP contribution in [0.2, 0.25) is 0 Å². The highest BCUT2D eigenvalue weighted by Crippen LogP contribution is 2.15. The van der Waals surface area contributed by atoms with Crippen molar-refractivity contribution in [2.24, 2.45) is 11.8 Å². The highest BCUT2D eigenvalue weighted by Gasteiger charge is 2.28.